The van der Waals surface area contributed by atoms with Crippen LogP contribution < -0.4 is 5.73 Å². The molecule has 5 N–H and O–H groups in total. The molecule has 10 heavy (non-hydrogen) atoms. The number of hydrogen-bond acceptors (Lipinski definition) is 5. The molecule has 60 valence electrons. The predicted octanol–water partition coefficient (Wildman–Crippen LogP) is -2.62. The van der Waals surface area contributed by atoms with Crippen LogP contribution in [-0.4, -0.2) is 46.5 Å². The maximum Gasteiger partial charge on any atom is 0.182 e. The van der Waals surface area contributed by atoms with Gasteiger partial charge in [0.05, 0.1) is 12.6 Å². The van der Waals surface area contributed by atoms with E-state index >= 15 is 0 Å². The van der Waals surface area contributed by atoms with Crippen LogP contribution in [-0.2, 0) is 4.74 Å². The fourth-order valence-electron chi connectivity index (χ4n) is 0.925. The van der Waals surface area contributed by atoms with Gasteiger partial charge in [-0.1, -0.05) is 0 Å². The van der Waals surface area contributed by atoms with Crippen molar-refractivity contribution in [2.45, 2.75) is 24.5 Å². The van der Waals surface area contributed by atoms with Gasteiger partial charge in [0, 0.05) is 0 Å². The highest BCUT2D eigenvalue weighted by molar-refractivity contribution is 4.88. The number of aliphatic hydroxyl groups excluding tert-OH is 3. The van der Waals surface area contributed by atoms with E-state index in [2.05, 4.69) is 4.74 Å². The van der Waals surface area contributed by atoms with Crippen molar-refractivity contribution in [1.29, 1.82) is 0 Å². The molecular formula is C5H11NO4. The van der Waals surface area contributed by atoms with Gasteiger partial charge in [-0.3, -0.25) is 0 Å². The second-order valence-corrected chi connectivity index (χ2v) is 2.32. The zero-order valence-electron chi connectivity index (χ0n) is 5.34. The summed E-state index contributed by atoms with van der Waals surface area (Å²) in [5.41, 5.74) is 5.33. The highest BCUT2D eigenvalue weighted by Crippen LogP contribution is 2.16. The molecule has 0 aliphatic carbocycles. The third kappa shape index (κ3) is 1.14. The third-order valence-electron chi connectivity index (χ3n) is 1.61. The molecule has 0 radical (unpaired) electrons. The van der Waals surface area contributed by atoms with Gasteiger partial charge >= 0.3 is 0 Å². The average Bonchev–Trinajstić information content (AvgIpc) is 2.17. The third-order valence-corrected chi connectivity index (χ3v) is 1.61. The molecule has 0 aromatic rings. The number of hydrogen-bond donors (Lipinski definition) is 4. The lowest BCUT2D eigenvalue weighted by molar-refractivity contribution is -0.132. The Bertz CT molecular complexity index is 120. The van der Waals surface area contributed by atoms with Crippen molar-refractivity contribution in [3.63, 3.8) is 0 Å². The Hall–Kier alpha value is -0.200. The van der Waals surface area contributed by atoms with E-state index in [0.29, 0.717) is 0 Å². The summed E-state index contributed by atoms with van der Waals surface area (Å²) in [6, 6.07) is -0.694. The molecule has 0 spiro atoms. The monoisotopic (exact) mass is 149 g/mol. The van der Waals surface area contributed by atoms with Crippen molar-refractivity contribution in [2.24, 2.45) is 5.73 Å². The van der Waals surface area contributed by atoms with E-state index in [-0.39, 0.29) is 6.61 Å². The van der Waals surface area contributed by atoms with Crippen LogP contribution in [0.3, 0.4) is 0 Å². The number of rotatable bonds is 1. The molecule has 0 amide bonds. The van der Waals surface area contributed by atoms with Crippen LogP contribution in [0.2, 0.25) is 0 Å². The van der Waals surface area contributed by atoms with Crippen molar-refractivity contribution in [3.8, 4) is 0 Å². The van der Waals surface area contributed by atoms with E-state index in [9.17, 15) is 0 Å². The summed E-state index contributed by atoms with van der Waals surface area (Å²) in [5, 5.41) is 26.3. The van der Waals surface area contributed by atoms with Crippen LogP contribution in [0.5, 0.6) is 0 Å². The Morgan fingerprint density at radius 1 is 1.40 bits per heavy atom. The Morgan fingerprint density at radius 2 is 2.00 bits per heavy atom. The number of nitrogens with two attached hydrogens (primary N) is 1. The normalized spacial score (nSPS) is 48.0. The Balaban J connectivity index is 2.53. The van der Waals surface area contributed by atoms with Gasteiger partial charge < -0.3 is 25.8 Å². The molecule has 0 bridgehead atoms. The summed E-state index contributed by atoms with van der Waals surface area (Å²) >= 11 is 0. The zero-order valence-corrected chi connectivity index (χ0v) is 5.34. The Labute approximate surface area is 58.0 Å². The van der Waals surface area contributed by atoms with Crippen LogP contribution in [0, 0.1) is 0 Å². The minimum absolute atomic E-state index is 0.282. The molecule has 1 unspecified atom stereocenters. The molecular weight excluding hydrogens is 138 g/mol. The van der Waals surface area contributed by atoms with Gasteiger partial charge in [-0.2, -0.15) is 0 Å². The topological polar surface area (TPSA) is 95.9 Å². The van der Waals surface area contributed by atoms with Crippen molar-refractivity contribution in [1.82, 2.24) is 0 Å². The van der Waals surface area contributed by atoms with Gasteiger partial charge in [0.15, 0.2) is 6.29 Å². The molecule has 4 atom stereocenters. The fourth-order valence-corrected chi connectivity index (χ4v) is 0.925. The van der Waals surface area contributed by atoms with E-state index in [1.165, 1.54) is 0 Å². The Morgan fingerprint density at radius 3 is 2.20 bits per heavy atom. The zero-order chi connectivity index (χ0) is 7.72. The maximum absolute atomic E-state index is 8.96. The van der Waals surface area contributed by atoms with Crippen LogP contribution in [0.1, 0.15) is 0 Å². The summed E-state index contributed by atoms with van der Waals surface area (Å²) in [6.45, 7) is -0.282. The molecule has 5 heteroatoms. The van der Waals surface area contributed by atoms with Crippen LogP contribution in [0.15, 0.2) is 0 Å². The van der Waals surface area contributed by atoms with Gasteiger partial charge in [0.25, 0.3) is 0 Å². The summed E-state index contributed by atoms with van der Waals surface area (Å²) < 4.78 is 4.67. The van der Waals surface area contributed by atoms with Crippen molar-refractivity contribution < 1.29 is 20.1 Å². The molecule has 1 heterocycles. The molecule has 0 saturated carbocycles. The van der Waals surface area contributed by atoms with Crippen LogP contribution in [0.4, 0.5) is 0 Å². The van der Waals surface area contributed by atoms with Gasteiger partial charge in [0.2, 0.25) is 0 Å². The highest BCUT2D eigenvalue weighted by atomic mass is 16.6. The lowest BCUT2D eigenvalue weighted by atomic mass is 10.1. The first kappa shape index (κ1) is 7.90. The summed E-state index contributed by atoms with van der Waals surface area (Å²) in [7, 11) is 0. The van der Waals surface area contributed by atoms with E-state index in [1.807, 2.05) is 0 Å². The number of aliphatic hydroxyl groups is 3. The van der Waals surface area contributed by atoms with Gasteiger partial charge in [-0.05, 0) is 0 Å². The molecule has 5 nitrogen and oxygen atoms in total. The highest BCUT2D eigenvalue weighted by Gasteiger charge is 2.39. The van der Waals surface area contributed by atoms with E-state index in [4.69, 9.17) is 21.1 Å². The largest absolute Gasteiger partial charge is 0.394 e. The Kier molecular flexibility index (Phi) is 2.22. The minimum atomic E-state index is -1.26. The SMILES string of the molecule is N[C@H]1[C@H](CO)OC(O)[C@@H]1O. The summed E-state index contributed by atoms with van der Waals surface area (Å²) in [6.07, 6.45) is -2.99. The molecule has 1 fully saturated rings. The molecule has 0 aromatic carbocycles. The first-order chi connectivity index (χ1) is 4.66. The first-order valence-corrected chi connectivity index (χ1v) is 3.05. The molecule has 1 saturated heterocycles. The maximum atomic E-state index is 8.96. The van der Waals surface area contributed by atoms with Crippen LogP contribution >= 0.6 is 0 Å². The lowest BCUT2D eigenvalue weighted by Crippen LogP contribution is -2.41. The van der Waals surface area contributed by atoms with Gasteiger partial charge in [-0.25, -0.2) is 0 Å². The second-order valence-electron chi connectivity index (χ2n) is 2.32. The van der Waals surface area contributed by atoms with Crippen LogP contribution in [0.25, 0.3) is 0 Å². The summed E-state index contributed by atoms with van der Waals surface area (Å²) in [4.78, 5) is 0. The smallest absolute Gasteiger partial charge is 0.182 e. The fraction of sp³-hybridized carbons (Fsp3) is 1.00. The first-order valence-electron chi connectivity index (χ1n) is 3.05. The molecule has 1 aliphatic rings. The minimum Gasteiger partial charge on any atom is -0.394 e. The lowest BCUT2D eigenvalue weighted by Gasteiger charge is -2.10. The number of ether oxygens (including phenoxy) is 1. The quantitative estimate of drug-likeness (QED) is 0.327. The molecule has 0 aromatic heterocycles. The van der Waals surface area contributed by atoms with E-state index < -0.39 is 24.5 Å². The van der Waals surface area contributed by atoms with Crippen molar-refractivity contribution in [3.05, 3.63) is 0 Å². The average molecular weight is 149 g/mol. The van der Waals surface area contributed by atoms with Gasteiger partial charge in [0.1, 0.15) is 12.2 Å². The molecule has 1 rings (SSSR count). The van der Waals surface area contributed by atoms with E-state index in [0.717, 1.165) is 0 Å². The van der Waals surface area contributed by atoms with E-state index in [1.54, 1.807) is 0 Å². The molecule has 1 aliphatic heterocycles. The van der Waals surface area contributed by atoms with Crippen molar-refractivity contribution >= 4 is 0 Å². The van der Waals surface area contributed by atoms with Gasteiger partial charge in [-0.15, -0.1) is 0 Å². The predicted molar refractivity (Wildman–Crippen MR) is 31.9 cm³/mol. The standard InChI is InChI=1S/C5H11NO4/c6-3-2(1-7)10-5(9)4(3)8/h2-5,7-9H,1,6H2/t2-,3-,4+,5?/m0/s1. The second kappa shape index (κ2) is 2.81. The van der Waals surface area contributed by atoms with Crippen molar-refractivity contribution in [2.75, 3.05) is 6.61 Å². The summed E-state index contributed by atoms with van der Waals surface area (Å²) in [5.74, 6) is 0.